The van der Waals surface area contributed by atoms with Gasteiger partial charge in [-0.15, -0.1) is 10.2 Å². The molecule has 0 saturated carbocycles. The normalized spacial score (nSPS) is 20.0. The van der Waals surface area contributed by atoms with Crippen molar-refractivity contribution in [1.29, 1.82) is 0 Å². The molecule has 0 aliphatic carbocycles. The monoisotopic (exact) mass is 813 g/mol. The highest BCUT2D eigenvalue weighted by Crippen LogP contribution is 2.36. The number of hydrogen-bond acceptors (Lipinski definition) is 13. The van der Waals surface area contributed by atoms with Gasteiger partial charge < -0.3 is 35.2 Å². The lowest BCUT2D eigenvalue weighted by atomic mass is 9.91. The number of anilines is 4. The number of nitrogens with two attached hydrogens (primary N) is 1. The van der Waals surface area contributed by atoms with Crippen LogP contribution in [0.25, 0.3) is 11.3 Å². The quantitative estimate of drug-likeness (QED) is 0.197. The zero-order valence-electron chi connectivity index (χ0n) is 33.2. The maximum Gasteiger partial charge on any atom is 0.262 e. The molecular formula is C44H47N9O7. The van der Waals surface area contributed by atoms with Gasteiger partial charge in [-0.1, -0.05) is 18.2 Å². The van der Waals surface area contributed by atoms with Gasteiger partial charge in [-0.2, -0.15) is 0 Å². The Kier molecular flexibility index (Phi) is 10.4. The van der Waals surface area contributed by atoms with Gasteiger partial charge in [-0.05, 0) is 80.1 Å². The fourth-order valence-electron chi connectivity index (χ4n) is 8.96. The maximum atomic E-state index is 13.3. The number of aromatic nitrogens is 2. The maximum absolute atomic E-state index is 13.3. The first-order valence-electron chi connectivity index (χ1n) is 20.7. The average molecular weight is 814 g/mol. The molecule has 6 heterocycles. The van der Waals surface area contributed by atoms with Gasteiger partial charge in [0.2, 0.25) is 17.7 Å². The highest BCUT2D eigenvalue weighted by Gasteiger charge is 2.45. The number of phenolic OH excluding ortho intramolecular Hbond substituents is 1. The Morgan fingerprint density at radius 3 is 2.27 bits per heavy atom. The summed E-state index contributed by atoms with van der Waals surface area (Å²) in [4.78, 5) is 73.4. The third-order valence-electron chi connectivity index (χ3n) is 12.5. The number of nitrogens with one attached hydrogen (secondary N) is 1. The minimum absolute atomic E-state index is 0.0281. The molecule has 3 aromatic carbocycles. The van der Waals surface area contributed by atoms with E-state index in [1.807, 2.05) is 35.2 Å². The largest absolute Gasteiger partial charge is 0.507 e. The lowest BCUT2D eigenvalue weighted by Gasteiger charge is -2.41. The molecule has 0 spiro atoms. The second-order valence-electron chi connectivity index (χ2n) is 16.2. The number of carbonyl (C=O) groups is 5. The van der Waals surface area contributed by atoms with Gasteiger partial charge in [0, 0.05) is 75.1 Å². The highest BCUT2D eigenvalue weighted by molar-refractivity contribution is 6.23. The molecular weight excluding hydrogens is 767 g/mol. The summed E-state index contributed by atoms with van der Waals surface area (Å²) in [6.45, 7) is 5.60. The van der Waals surface area contributed by atoms with Crippen molar-refractivity contribution in [3.63, 3.8) is 0 Å². The summed E-state index contributed by atoms with van der Waals surface area (Å²) in [6, 6.07) is 21.2. The molecule has 0 bridgehead atoms. The van der Waals surface area contributed by atoms with Crippen LogP contribution in [0.1, 0.15) is 59.2 Å². The summed E-state index contributed by atoms with van der Waals surface area (Å²) in [6.07, 6.45) is 3.34. The molecule has 9 rings (SSSR count). The number of piperazine rings is 1. The first-order valence-corrected chi connectivity index (χ1v) is 20.7. The van der Waals surface area contributed by atoms with E-state index in [1.54, 1.807) is 30.3 Å². The Hall–Kier alpha value is -6.71. The number of piperidine rings is 2. The number of fused-ring (bicyclic) bond motifs is 1. The Morgan fingerprint density at radius 1 is 0.767 bits per heavy atom. The molecule has 60 heavy (non-hydrogen) atoms. The third kappa shape index (κ3) is 7.64. The molecule has 0 radical (unpaired) electrons. The van der Waals surface area contributed by atoms with Crippen LogP contribution in [0, 0.1) is 5.92 Å². The Balaban J connectivity index is 0.710. The van der Waals surface area contributed by atoms with Crippen LogP contribution < -0.4 is 30.5 Å². The summed E-state index contributed by atoms with van der Waals surface area (Å²) >= 11 is 0. The molecule has 16 heteroatoms. The number of carbonyl (C=O) groups excluding carboxylic acids is 5. The average Bonchev–Trinajstić information content (AvgIpc) is 3.49. The number of nitrogens with zero attached hydrogens (tertiary/aromatic N) is 7. The van der Waals surface area contributed by atoms with Gasteiger partial charge in [0.05, 0.1) is 35.6 Å². The van der Waals surface area contributed by atoms with Crippen LogP contribution in [0.15, 0.2) is 72.8 Å². The fraction of sp³-hybridized carbons (Fsp3) is 0.386. The van der Waals surface area contributed by atoms with Crippen molar-refractivity contribution in [3.8, 4) is 22.8 Å². The van der Waals surface area contributed by atoms with Crippen LogP contribution in [-0.4, -0.2) is 119 Å². The van der Waals surface area contributed by atoms with Gasteiger partial charge in [-0.3, -0.25) is 34.2 Å². The van der Waals surface area contributed by atoms with Crippen LogP contribution in [0.4, 0.5) is 22.9 Å². The van der Waals surface area contributed by atoms with E-state index in [1.165, 1.54) is 0 Å². The van der Waals surface area contributed by atoms with Crippen molar-refractivity contribution in [2.75, 3.05) is 72.8 Å². The number of benzene rings is 3. The Labute approximate surface area is 346 Å². The van der Waals surface area contributed by atoms with E-state index in [9.17, 15) is 29.1 Å². The zero-order valence-corrected chi connectivity index (χ0v) is 33.2. The number of para-hydroxylation sites is 1. The smallest absolute Gasteiger partial charge is 0.262 e. The molecule has 4 N–H and O–H groups in total. The number of imide groups is 2. The van der Waals surface area contributed by atoms with E-state index in [4.69, 9.17) is 10.5 Å². The van der Waals surface area contributed by atoms with E-state index < -0.39 is 29.7 Å². The number of hydrogen-bond donors (Lipinski definition) is 3. The summed E-state index contributed by atoms with van der Waals surface area (Å²) in [5.41, 5.74) is 10.5. The summed E-state index contributed by atoms with van der Waals surface area (Å²) < 4.78 is 6.34. The van der Waals surface area contributed by atoms with E-state index in [0.717, 1.165) is 73.2 Å². The number of amides is 5. The molecule has 16 nitrogen and oxygen atoms in total. The second-order valence-corrected chi connectivity index (χ2v) is 16.2. The summed E-state index contributed by atoms with van der Waals surface area (Å²) in [5, 5.41) is 20.8. The molecule has 4 aromatic rings. The van der Waals surface area contributed by atoms with Crippen LogP contribution in [-0.2, 0) is 14.4 Å². The first-order chi connectivity index (χ1) is 29.1. The molecule has 1 unspecified atom stereocenters. The predicted octanol–water partition coefficient (Wildman–Crippen LogP) is 3.45. The van der Waals surface area contributed by atoms with Crippen molar-refractivity contribution < 1.29 is 33.8 Å². The molecule has 4 saturated heterocycles. The lowest BCUT2D eigenvalue weighted by molar-refractivity contribution is -0.136. The van der Waals surface area contributed by atoms with Crippen molar-refractivity contribution in [2.45, 2.75) is 50.7 Å². The minimum atomic E-state index is -0.989. The van der Waals surface area contributed by atoms with Gasteiger partial charge in [0.25, 0.3) is 11.8 Å². The van der Waals surface area contributed by atoms with Crippen molar-refractivity contribution in [1.82, 2.24) is 25.3 Å². The van der Waals surface area contributed by atoms with Gasteiger partial charge in [0.1, 0.15) is 23.6 Å². The summed E-state index contributed by atoms with van der Waals surface area (Å²) in [7, 11) is 0. The van der Waals surface area contributed by atoms with Gasteiger partial charge in [-0.25, -0.2) is 0 Å². The minimum Gasteiger partial charge on any atom is -0.507 e. The number of rotatable bonds is 10. The van der Waals surface area contributed by atoms with E-state index in [0.29, 0.717) is 55.6 Å². The standard InChI is InChI=1S/C44H47N9O7/c45-41-37(24-35(47-48-41)33-6-1-2-7-38(33)54)52-25-31(26-52)60-30-5-3-4-28(22-30)50-18-20-51(21-19-50)40(56)13-8-27-14-16-49(17-15-27)29-9-10-32-34(23-29)44(59)53(43(32)58)36-11-12-39(55)46-42(36)57/h1-7,9-10,22-24,27,31,36,54H,8,11-21,25-26H2,(H2,45,48)(H,46,55,57). The molecule has 5 aliphatic heterocycles. The fourth-order valence-corrected chi connectivity index (χ4v) is 8.96. The topological polar surface area (TPSA) is 195 Å². The Morgan fingerprint density at radius 2 is 1.50 bits per heavy atom. The van der Waals surface area contributed by atoms with Crippen molar-refractivity contribution in [2.24, 2.45) is 5.92 Å². The van der Waals surface area contributed by atoms with Gasteiger partial charge >= 0.3 is 0 Å². The van der Waals surface area contributed by atoms with E-state index in [2.05, 4.69) is 42.3 Å². The van der Waals surface area contributed by atoms with Gasteiger partial charge in [0.15, 0.2) is 5.82 Å². The summed E-state index contributed by atoms with van der Waals surface area (Å²) in [5.74, 6) is -0.196. The predicted molar refractivity (Wildman–Crippen MR) is 223 cm³/mol. The highest BCUT2D eigenvalue weighted by atomic mass is 16.5. The first kappa shape index (κ1) is 38.8. The number of phenols is 1. The van der Waals surface area contributed by atoms with Crippen molar-refractivity contribution in [3.05, 3.63) is 83.9 Å². The molecule has 5 aliphatic rings. The molecule has 5 amide bonds. The van der Waals surface area contributed by atoms with Crippen LogP contribution in [0.3, 0.4) is 0 Å². The number of nitrogen functional groups attached to an aromatic ring is 1. The zero-order chi connectivity index (χ0) is 41.5. The molecule has 4 fully saturated rings. The number of aromatic hydroxyl groups is 1. The molecule has 310 valence electrons. The molecule has 1 atom stereocenters. The van der Waals surface area contributed by atoms with Crippen LogP contribution in [0.5, 0.6) is 11.5 Å². The lowest BCUT2D eigenvalue weighted by Crippen LogP contribution is -2.54. The van der Waals surface area contributed by atoms with Crippen molar-refractivity contribution >= 4 is 52.4 Å². The third-order valence-corrected chi connectivity index (χ3v) is 12.5. The van der Waals surface area contributed by atoms with Crippen LogP contribution >= 0.6 is 0 Å². The van der Waals surface area contributed by atoms with E-state index >= 15 is 0 Å². The van der Waals surface area contributed by atoms with E-state index in [-0.39, 0.29) is 41.7 Å². The number of ether oxygens (including phenoxy) is 1. The molecule has 1 aromatic heterocycles. The second kappa shape index (κ2) is 16.2. The Bertz CT molecular complexity index is 2350. The van der Waals surface area contributed by atoms with Crippen LogP contribution in [0.2, 0.25) is 0 Å². The SMILES string of the molecule is Nc1nnc(-c2ccccc2O)cc1N1CC(Oc2cccc(N3CCN(C(=O)CCC4CCN(c5ccc6c(c5)C(=O)N(C5CCC(=O)NC5=O)C6=O)CC4)CC3)c2)C1.